The van der Waals surface area contributed by atoms with Crippen molar-refractivity contribution >= 4 is 16.9 Å². The Morgan fingerprint density at radius 2 is 1.97 bits per heavy atom. The number of aryl methyl sites for hydroxylation is 1. The highest BCUT2D eigenvalue weighted by Gasteiger charge is 2.15. The van der Waals surface area contributed by atoms with Gasteiger partial charge in [-0.05, 0) is 43.3 Å². The molecule has 1 amide bonds. The zero-order valence-corrected chi connectivity index (χ0v) is 16.2. The molecule has 2 N–H and O–H groups in total. The number of carbonyl (C=O) groups is 1. The van der Waals surface area contributed by atoms with E-state index in [0.29, 0.717) is 18.1 Å². The van der Waals surface area contributed by atoms with Crippen molar-refractivity contribution in [1.82, 2.24) is 25.4 Å². The summed E-state index contributed by atoms with van der Waals surface area (Å²) in [4.78, 5) is 24.4. The van der Waals surface area contributed by atoms with Crippen LogP contribution in [0, 0.1) is 0 Å². The first-order chi connectivity index (χ1) is 14.1. The van der Waals surface area contributed by atoms with E-state index >= 15 is 0 Å². The number of para-hydroxylation sites is 2. The van der Waals surface area contributed by atoms with E-state index in [0.717, 1.165) is 28.2 Å². The number of nitrogens with zero attached hydrogens (tertiary/aromatic N) is 3. The van der Waals surface area contributed by atoms with Crippen LogP contribution in [-0.2, 0) is 11.2 Å². The van der Waals surface area contributed by atoms with Crippen LogP contribution in [0.25, 0.3) is 22.4 Å². The van der Waals surface area contributed by atoms with Crippen molar-refractivity contribution in [2.45, 2.75) is 25.8 Å². The first kappa shape index (κ1) is 18.7. The normalized spacial score (nSPS) is 12.1. The number of imidazole rings is 1. The standard InChI is InChI=1S/C21H21N5O3/c1-13(20-23-16-5-3-4-6-17(16)24-20)22-18(27)11-12-19-25-21(26-29-19)14-7-9-15(28-2)10-8-14/h3-10,13H,11-12H2,1-2H3,(H,22,27)(H,23,24). The Hall–Kier alpha value is -3.68. The molecule has 2 heterocycles. The molecule has 0 fully saturated rings. The molecule has 29 heavy (non-hydrogen) atoms. The van der Waals surface area contributed by atoms with E-state index in [9.17, 15) is 4.79 Å². The third-order valence-electron chi connectivity index (χ3n) is 4.58. The molecule has 0 aliphatic heterocycles. The van der Waals surface area contributed by atoms with Crippen LogP contribution in [0.4, 0.5) is 0 Å². The molecule has 0 saturated heterocycles. The molecule has 8 nitrogen and oxygen atoms in total. The first-order valence-corrected chi connectivity index (χ1v) is 9.33. The number of benzene rings is 2. The number of amides is 1. The van der Waals surface area contributed by atoms with E-state index in [1.807, 2.05) is 55.5 Å². The van der Waals surface area contributed by atoms with Crippen LogP contribution < -0.4 is 10.1 Å². The van der Waals surface area contributed by atoms with Gasteiger partial charge in [-0.1, -0.05) is 17.3 Å². The Labute approximate surface area is 167 Å². The van der Waals surface area contributed by atoms with Crippen LogP contribution in [0.15, 0.2) is 53.1 Å². The number of methoxy groups -OCH3 is 1. The molecule has 0 aliphatic carbocycles. The van der Waals surface area contributed by atoms with Crippen molar-refractivity contribution in [2.75, 3.05) is 7.11 Å². The smallest absolute Gasteiger partial charge is 0.227 e. The molecule has 4 rings (SSSR count). The Balaban J connectivity index is 1.32. The number of aromatic nitrogens is 4. The summed E-state index contributed by atoms with van der Waals surface area (Å²) in [7, 11) is 1.61. The maximum absolute atomic E-state index is 12.3. The molecule has 1 atom stereocenters. The largest absolute Gasteiger partial charge is 0.497 e. The SMILES string of the molecule is COc1ccc(-c2noc(CCC(=O)NC(C)c3nc4ccccc4[nH]3)n2)cc1. The zero-order valence-electron chi connectivity index (χ0n) is 16.2. The van der Waals surface area contributed by atoms with Gasteiger partial charge in [0.1, 0.15) is 11.6 Å². The van der Waals surface area contributed by atoms with Gasteiger partial charge in [0, 0.05) is 18.4 Å². The predicted octanol–water partition coefficient (Wildman–Crippen LogP) is 3.43. The topological polar surface area (TPSA) is 106 Å². The van der Waals surface area contributed by atoms with Crippen LogP contribution in [0.2, 0.25) is 0 Å². The van der Waals surface area contributed by atoms with Crippen molar-refractivity contribution in [1.29, 1.82) is 0 Å². The Morgan fingerprint density at radius 3 is 2.72 bits per heavy atom. The van der Waals surface area contributed by atoms with Crippen LogP contribution in [0.3, 0.4) is 0 Å². The van der Waals surface area contributed by atoms with E-state index in [-0.39, 0.29) is 18.4 Å². The van der Waals surface area contributed by atoms with E-state index < -0.39 is 0 Å². The lowest BCUT2D eigenvalue weighted by Crippen LogP contribution is -2.27. The lowest BCUT2D eigenvalue weighted by atomic mass is 10.2. The van der Waals surface area contributed by atoms with Gasteiger partial charge in [0.05, 0.1) is 24.2 Å². The number of hydrogen-bond donors (Lipinski definition) is 2. The highest BCUT2D eigenvalue weighted by atomic mass is 16.5. The molecular weight excluding hydrogens is 370 g/mol. The minimum atomic E-state index is -0.229. The number of hydrogen-bond acceptors (Lipinski definition) is 6. The maximum atomic E-state index is 12.3. The molecular formula is C21H21N5O3. The second-order valence-corrected chi connectivity index (χ2v) is 6.67. The number of carbonyl (C=O) groups excluding carboxylic acids is 1. The van der Waals surface area contributed by atoms with Crippen LogP contribution in [-0.4, -0.2) is 33.1 Å². The quantitative estimate of drug-likeness (QED) is 0.500. The van der Waals surface area contributed by atoms with Crippen molar-refractivity contribution < 1.29 is 14.1 Å². The summed E-state index contributed by atoms with van der Waals surface area (Å²) < 4.78 is 10.4. The summed E-state index contributed by atoms with van der Waals surface area (Å²) in [5.41, 5.74) is 2.64. The van der Waals surface area contributed by atoms with Gasteiger partial charge >= 0.3 is 0 Å². The highest BCUT2D eigenvalue weighted by molar-refractivity contribution is 5.77. The van der Waals surface area contributed by atoms with E-state index in [1.165, 1.54) is 0 Å². The lowest BCUT2D eigenvalue weighted by Gasteiger charge is -2.10. The van der Waals surface area contributed by atoms with Gasteiger partial charge < -0.3 is 19.6 Å². The molecule has 2 aromatic heterocycles. The fourth-order valence-electron chi connectivity index (χ4n) is 2.99. The minimum Gasteiger partial charge on any atom is -0.497 e. The molecule has 0 radical (unpaired) electrons. The zero-order chi connectivity index (χ0) is 20.2. The summed E-state index contributed by atoms with van der Waals surface area (Å²) in [6, 6.07) is 14.9. The molecule has 4 aromatic rings. The van der Waals surface area contributed by atoms with Gasteiger partial charge in [0.15, 0.2) is 0 Å². The van der Waals surface area contributed by atoms with Crippen molar-refractivity contribution in [3.8, 4) is 17.1 Å². The Kier molecular flexibility index (Phi) is 5.24. The molecule has 0 bridgehead atoms. The van der Waals surface area contributed by atoms with Gasteiger partial charge in [-0.3, -0.25) is 4.79 Å². The molecule has 2 aromatic carbocycles. The molecule has 8 heteroatoms. The van der Waals surface area contributed by atoms with E-state index in [4.69, 9.17) is 9.26 Å². The van der Waals surface area contributed by atoms with Gasteiger partial charge in [0.25, 0.3) is 0 Å². The number of ether oxygens (including phenoxy) is 1. The van der Waals surface area contributed by atoms with Crippen LogP contribution >= 0.6 is 0 Å². The highest BCUT2D eigenvalue weighted by Crippen LogP contribution is 2.20. The van der Waals surface area contributed by atoms with Gasteiger partial charge in [-0.2, -0.15) is 4.98 Å². The Bertz CT molecular complexity index is 1080. The number of nitrogens with one attached hydrogen (secondary N) is 2. The van der Waals surface area contributed by atoms with Gasteiger partial charge in [-0.15, -0.1) is 0 Å². The summed E-state index contributed by atoms with van der Waals surface area (Å²) in [6.45, 7) is 1.89. The Morgan fingerprint density at radius 1 is 1.17 bits per heavy atom. The minimum absolute atomic E-state index is 0.109. The summed E-state index contributed by atoms with van der Waals surface area (Å²) >= 11 is 0. The van der Waals surface area contributed by atoms with Gasteiger partial charge in [-0.25, -0.2) is 4.98 Å². The summed E-state index contributed by atoms with van der Waals surface area (Å²) in [6.07, 6.45) is 0.608. The summed E-state index contributed by atoms with van der Waals surface area (Å²) in [5, 5.41) is 6.92. The van der Waals surface area contributed by atoms with Gasteiger partial charge in [0.2, 0.25) is 17.6 Å². The van der Waals surface area contributed by atoms with Crippen molar-refractivity contribution in [2.24, 2.45) is 0 Å². The molecule has 1 unspecified atom stereocenters. The fraction of sp³-hybridized carbons (Fsp3) is 0.238. The number of rotatable bonds is 7. The number of fused-ring (bicyclic) bond motifs is 1. The maximum Gasteiger partial charge on any atom is 0.227 e. The van der Waals surface area contributed by atoms with Crippen molar-refractivity contribution in [3.05, 3.63) is 60.2 Å². The molecule has 0 aliphatic rings. The monoisotopic (exact) mass is 391 g/mol. The number of aromatic amines is 1. The average molecular weight is 391 g/mol. The number of H-pyrrole nitrogens is 1. The van der Waals surface area contributed by atoms with Crippen LogP contribution in [0.5, 0.6) is 5.75 Å². The lowest BCUT2D eigenvalue weighted by molar-refractivity contribution is -0.121. The first-order valence-electron chi connectivity index (χ1n) is 9.33. The second-order valence-electron chi connectivity index (χ2n) is 6.67. The molecule has 0 spiro atoms. The average Bonchev–Trinajstić information content (AvgIpc) is 3.39. The van der Waals surface area contributed by atoms with Crippen molar-refractivity contribution in [3.63, 3.8) is 0 Å². The third kappa shape index (κ3) is 4.26. The van der Waals surface area contributed by atoms with E-state index in [2.05, 4.69) is 25.4 Å². The predicted molar refractivity (Wildman–Crippen MR) is 107 cm³/mol. The molecule has 148 valence electrons. The summed E-state index contributed by atoms with van der Waals surface area (Å²) in [5.74, 6) is 2.27. The van der Waals surface area contributed by atoms with Crippen LogP contribution in [0.1, 0.15) is 31.1 Å². The molecule has 0 saturated carbocycles. The fourth-order valence-corrected chi connectivity index (χ4v) is 2.99. The van der Waals surface area contributed by atoms with E-state index in [1.54, 1.807) is 7.11 Å². The second kappa shape index (κ2) is 8.14. The third-order valence-corrected chi connectivity index (χ3v) is 4.58.